The minimum atomic E-state index is -4.51. The molecule has 0 amide bonds. The molecule has 23 heavy (non-hydrogen) atoms. The molecular formula is C14H16F3N3O2S. The van der Waals surface area contributed by atoms with E-state index < -0.39 is 21.8 Å². The van der Waals surface area contributed by atoms with E-state index in [9.17, 15) is 21.6 Å². The Kier molecular flexibility index (Phi) is 4.87. The van der Waals surface area contributed by atoms with Crippen molar-refractivity contribution in [1.29, 1.82) is 5.26 Å². The van der Waals surface area contributed by atoms with Crippen LogP contribution in [0.2, 0.25) is 0 Å². The number of alkyl halides is 3. The van der Waals surface area contributed by atoms with Crippen LogP contribution >= 0.6 is 0 Å². The maximum atomic E-state index is 12.7. The highest BCUT2D eigenvalue weighted by molar-refractivity contribution is 7.88. The Hall–Kier alpha value is -1.79. The molecule has 9 heteroatoms. The molecule has 1 atom stereocenters. The van der Waals surface area contributed by atoms with E-state index in [0.717, 1.165) is 18.4 Å². The average molecular weight is 347 g/mol. The molecule has 1 aromatic rings. The molecule has 0 aromatic heterocycles. The van der Waals surface area contributed by atoms with Gasteiger partial charge in [-0.3, -0.25) is 0 Å². The van der Waals surface area contributed by atoms with Gasteiger partial charge in [-0.15, -0.1) is 0 Å². The maximum absolute atomic E-state index is 12.7. The number of nitrogens with one attached hydrogen (secondary N) is 1. The summed E-state index contributed by atoms with van der Waals surface area (Å²) in [6.45, 7) is 0.870. The summed E-state index contributed by atoms with van der Waals surface area (Å²) < 4.78 is 63.3. The molecule has 0 aliphatic carbocycles. The molecule has 126 valence electrons. The summed E-state index contributed by atoms with van der Waals surface area (Å²) in [6.07, 6.45) is -2.12. The van der Waals surface area contributed by atoms with Gasteiger partial charge in [-0.25, -0.2) is 13.1 Å². The first-order valence-electron chi connectivity index (χ1n) is 6.94. The Morgan fingerprint density at radius 1 is 1.39 bits per heavy atom. The van der Waals surface area contributed by atoms with E-state index in [2.05, 4.69) is 4.72 Å². The lowest BCUT2D eigenvalue weighted by atomic mass is 10.0. The van der Waals surface area contributed by atoms with E-state index in [1.165, 1.54) is 6.07 Å². The zero-order valence-electron chi connectivity index (χ0n) is 12.4. The Morgan fingerprint density at radius 2 is 2.09 bits per heavy atom. The lowest BCUT2D eigenvalue weighted by molar-refractivity contribution is -0.137. The maximum Gasteiger partial charge on any atom is 0.416 e. The van der Waals surface area contributed by atoms with Gasteiger partial charge in [0.05, 0.1) is 23.1 Å². The summed E-state index contributed by atoms with van der Waals surface area (Å²) in [5.74, 6) is 0. The van der Waals surface area contributed by atoms with Crippen molar-refractivity contribution < 1.29 is 21.6 Å². The van der Waals surface area contributed by atoms with Crippen LogP contribution in [0, 0.1) is 11.3 Å². The van der Waals surface area contributed by atoms with Crippen molar-refractivity contribution in [2.75, 3.05) is 24.2 Å². The van der Waals surface area contributed by atoms with Crippen LogP contribution in [0.25, 0.3) is 0 Å². The van der Waals surface area contributed by atoms with Crippen molar-refractivity contribution in [3.05, 3.63) is 29.3 Å². The van der Waals surface area contributed by atoms with Crippen LogP contribution in [-0.4, -0.2) is 33.8 Å². The predicted molar refractivity (Wildman–Crippen MR) is 79.4 cm³/mol. The third-order valence-corrected chi connectivity index (χ3v) is 4.35. The number of nitrogens with zero attached hydrogens (tertiary/aromatic N) is 2. The molecule has 1 aromatic carbocycles. The Labute approximate surface area is 132 Å². The van der Waals surface area contributed by atoms with Gasteiger partial charge in [-0.05, 0) is 31.0 Å². The molecule has 0 radical (unpaired) electrons. The van der Waals surface area contributed by atoms with Crippen LogP contribution in [-0.2, 0) is 16.2 Å². The molecule has 1 N–H and O–H groups in total. The smallest absolute Gasteiger partial charge is 0.369 e. The molecule has 1 saturated heterocycles. The van der Waals surface area contributed by atoms with Crippen molar-refractivity contribution in [3.8, 4) is 6.07 Å². The fourth-order valence-corrected chi connectivity index (χ4v) is 3.47. The van der Waals surface area contributed by atoms with Gasteiger partial charge in [0, 0.05) is 19.1 Å². The van der Waals surface area contributed by atoms with Crippen LogP contribution in [0.3, 0.4) is 0 Å². The fourth-order valence-electron chi connectivity index (χ4n) is 2.67. The van der Waals surface area contributed by atoms with Gasteiger partial charge in [0.2, 0.25) is 10.0 Å². The van der Waals surface area contributed by atoms with E-state index in [-0.39, 0.29) is 11.6 Å². The molecule has 1 fully saturated rings. The number of sulfonamides is 1. The van der Waals surface area contributed by atoms with Gasteiger partial charge >= 0.3 is 6.18 Å². The van der Waals surface area contributed by atoms with E-state index in [4.69, 9.17) is 5.26 Å². The minimum absolute atomic E-state index is 0.0696. The van der Waals surface area contributed by atoms with E-state index >= 15 is 0 Å². The second kappa shape index (κ2) is 6.37. The molecule has 1 aliphatic heterocycles. The number of benzene rings is 1. The van der Waals surface area contributed by atoms with Crippen molar-refractivity contribution in [2.45, 2.75) is 25.1 Å². The Balaban J connectivity index is 2.26. The zero-order chi connectivity index (χ0) is 17.3. The van der Waals surface area contributed by atoms with Crippen LogP contribution in [0.4, 0.5) is 18.9 Å². The van der Waals surface area contributed by atoms with Gasteiger partial charge in [-0.1, -0.05) is 0 Å². The van der Waals surface area contributed by atoms with Gasteiger partial charge in [0.1, 0.15) is 6.07 Å². The number of hydrogen-bond acceptors (Lipinski definition) is 4. The molecule has 0 saturated carbocycles. The second-order valence-corrected chi connectivity index (χ2v) is 7.30. The van der Waals surface area contributed by atoms with Crippen molar-refractivity contribution in [1.82, 2.24) is 4.72 Å². The topological polar surface area (TPSA) is 73.2 Å². The normalized spacial score (nSPS) is 19.4. The average Bonchev–Trinajstić information content (AvgIpc) is 2.44. The fraction of sp³-hybridized carbons (Fsp3) is 0.500. The molecule has 2 rings (SSSR count). The summed E-state index contributed by atoms with van der Waals surface area (Å²) in [6, 6.07) is 4.49. The zero-order valence-corrected chi connectivity index (χ0v) is 13.2. The van der Waals surface area contributed by atoms with Gasteiger partial charge in [-0.2, -0.15) is 18.4 Å². The SMILES string of the molecule is CS(=O)(=O)NC1CCCN(c2ccc(C(F)(F)F)cc2C#N)C1. The van der Waals surface area contributed by atoms with Crippen LogP contribution in [0.1, 0.15) is 24.0 Å². The highest BCUT2D eigenvalue weighted by atomic mass is 32.2. The number of halogens is 3. The van der Waals surface area contributed by atoms with E-state index in [0.29, 0.717) is 31.6 Å². The van der Waals surface area contributed by atoms with Gasteiger partial charge in [0.25, 0.3) is 0 Å². The number of anilines is 1. The third-order valence-electron chi connectivity index (χ3n) is 3.59. The molecule has 1 aliphatic rings. The summed E-state index contributed by atoms with van der Waals surface area (Å²) in [5.41, 5.74) is -0.555. The minimum Gasteiger partial charge on any atom is -0.369 e. The first-order chi connectivity index (χ1) is 10.6. The first-order valence-corrected chi connectivity index (χ1v) is 8.83. The van der Waals surface area contributed by atoms with E-state index in [1.807, 2.05) is 0 Å². The standard InChI is InChI=1S/C14H16F3N3O2S/c1-23(21,22)19-12-3-2-6-20(9-12)13-5-4-11(14(15,16)17)7-10(13)8-18/h4-5,7,12,19H,2-3,6,9H2,1H3. The van der Waals surface area contributed by atoms with Gasteiger partial charge in [0.15, 0.2) is 0 Å². The molecule has 0 bridgehead atoms. The number of rotatable bonds is 3. The van der Waals surface area contributed by atoms with Crippen molar-refractivity contribution in [2.24, 2.45) is 0 Å². The Bertz CT molecular complexity index is 726. The van der Waals surface area contributed by atoms with Crippen LogP contribution in [0.5, 0.6) is 0 Å². The van der Waals surface area contributed by atoms with Crippen LogP contribution < -0.4 is 9.62 Å². The quantitative estimate of drug-likeness (QED) is 0.909. The molecular weight excluding hydrogens is 331 g/mol. The van der Waals surface area contributed by atoms with Gasteiger partial charge < -0.3 is 4.90 Å². The second-order valence-electron chi connectivity index (χ2n) is 5.52. The number of piperidine rings is 1. The van der Waals surface area contributed by atoms with Crippen molar-refractivity contribution >= 4 is 15.7 Å². The first kappa shape index (κ1) is 17.6. The monoisotopic (exact) mass is 347 g/mol. The summed E-state index contributed by atoms with van der Waals surface area (Å²) in [4.78, 5) is 1.74. The highest BCUT2D eigenvalue weighted by Gasteiger charge is 2.32. The summed E-state index contributed by atoms with van der Waals surface area (Å²) in [7, 11) is -3.36. The largest absolute Gasteiger partial charge is 0.416 e. The molecule has 0 spiro atoms. The number of hydrogen-bond donors (Lipinski definition) is 1. The number of nitriles is 1. The highest BCUT2D eigenvalue weighted by Crippen LogP contribution is 2.33. The van der Waals surface area contributed by atoms with E-state index in [1.54, 1.807) is 11.0 Å². The molecule has 5 nitrogen and oxygen atoms in total. The summed E-state index contributed by atoms with van der Waals surface area (Å²) in [5, 5.41) is 9.14. The van der Waals surface area contributed by atoms with Crippen LogP contribution in [0.15, 0.2) is 18.2 Å². The third kappa shape index (κ3) is 4.59. The Morgan fingerprint density at radius 3 is 2.65 bits per heavy atom. The lowest BCUT2D eigenvalue weighted by Gasteiger charge is -2.35. The molecule has 1 unspecified atom stereocenters. The lowest BCUT2D eigenvalue weighted by Crippen LogP contribution is -2.47. The van der Waals surface area contributed by atoms with Crippen molar-refractivity contribution in [3.63, 3.8) is 0 Å². The summed E-state index contributed by atoms with van der Waals surface area (Å²) >= 11 is 0. The molecule has 1 heterocycles. The predicted octanol–water partition coefficient (Wildman–Crippen LogP) is 2.10.